The third-order valence-electron chi connectivity index (χ3n) is 3.90. The fraction of sp³-hybridized carbons (Fsp3) is 0. The molecule has 3 aromatic carbocycles. The summed E-state index contributed by atoms with van der Waals surface area (Å²) in [6, 6.07) is 22.6. The van der Waals surface area contributed by atoms with E-state index in [0.717, 1.165) is 16.6 Å². The van der Waals surface area contributed by atoms with Gasteiger partial charge in [0, 0.05) is 10.9 Å². The van der Waals surface area contributed by atoms with Gasteiger partial charge in [0.05, 0.1) is 11.2 Å². The lowest BCUT2D eigenvalue weighted by atomic mass is 10.0. The normalized spacial score (nSPS) is 10.9. The molecule has 0 unspecified atom stereocenters. The van der Waals surface area contributed by atoms with Gasteiger partial charge in [-0.05, 0) is 42.5 Å². The first-order valence-corrected chi connectivity index (χ1v) is 7.57. The number of para-hydroxylation sites is 1. The lowest BCUT2D eigenvalue weighted by molar-refractivity contribution is 0.103. The first-order chi connectivity index (χ1) is 11.7. The lowest BCUT2D eigenvalue weighted by Gasteiger charge is -2.07. The van der Waals surface area contributed by atoms with Crippen LogP contribution >= 0.6 is 0 Å². The summed E-state index contributed by atoms with van der Waals surface area (Å²) in [5, 5.41) is 5.34. The molecule has 4 heteroatoms. The molecule has 0 aliphatic heterocycles. The number of benzene rings is 3. The van der Waals surface area contributed by atoms with Crippen LogP contribution in [0, 0.1) is 5.82 Å². The van der Waals surface area contributed by atoms with Crippen molar-refractivity contribution in [2.75, 3.05) is 0 Å². The third-order valence-corrected chi connectivity index (χ3v) is 3.90. The lowest BCUT2D eigenvalue weighted by Crippen LogP contribution is -2.10. The second-order valence-corrected chi connectivity index (χ2v) is 5.45. The monoisotopic (exact) mass is 316 g/mol. The van der Waals surface area contributed by atoms with E-state index in [9.17, 15) is 9.18 Å². The summed E-state index contributed by atoms with van der Waals surface area (Å²) >= 11 is 0. The first-order valence-electron chi connectivity index (χ1n) is 7.57. The highest BCUT2D eigenvalue weighted by Crippen LogP contribution is 2.24. The van der Waals surface area contributed by atoms with Crippen molar-refractivity contribution in [2.24, 2.45) is 0 Å². The van der Waals surface area contributed by atoms with Gasteiger partial charge in [-0.25, -0.2) is 9.07 Å². The molecule has 0 atom stereocenters. The minimum Gasteiger partial charge on any atom is -0.287 e. The van der Waals surface area contributed by atoms with Crippen LogP contribution < -0.4 is 0 Å². The average molecular weight is 316 g/mol. The molecule has 0 spiro atoms. The Morgan fingerprint density at radius 3 is 2.25 bits per heavy atom. The Bertz CT molecular complexity index is 1020. The summed E-state index contributed by atoms with van der Waals surface area (Å²) in [7, 11) is 0. The van der Waals surface area contributed by atoms with Crippen molar-refractivity contribution >= 4 is 16.7 Å². The molecule has 0 amide bonds. The Labute approximate surface area is 138 Å². The molecular formula is C20H13FN2O. The number of hydrogen-bond acceptors (Lipinski definition) is 2. The highest BCUT2D eigenvalue weighted by molar-refractivity contribution is 6.15. The number of carbonyl (C=O) groups is 1. The summed E-state index contributed by atoms with van der Waals surface area (Å²) in [5.74, 6) is -0.555. The zero-order chi connectivity index (χ0) is 16.5. The molecule has 0 radical (unpaired) electrons. The molecule has 0 aliphatic carbocycles. The van der Waals surface area contributed by atoms with Gasteiger partial charge in [-0.15, -0.1) is 0 Å². The molecule has 24 heavy (non-hydrogen) atoms. The van der Waals surface area contributed by atoms with Crippen LogP contribution in [0.5, 0.6) is 0 Å². The molecule has 0 saturated heterocycles. The van der Waals surface area contributed by atoms with Crippen molar-refractivity contribution in [1.82, 2.24) is 9.78 Å². The Balaban J connectivity index is 1.96. The van der Waals surface area contributed by atoms with Gasteiger partial charge < -0.3 is 0 Å². The number of hydrogen-bond donors (Lipinski definition) is 0. The van der Waals surface area contributed by atoms with Crippen molar-refractivity contribution in [1.29, 1.82) is 0 Å². The fourth-order valence-electron chi connectivity index (χ4n) is 2.75. The SMILES string of the molecule is O=C(c1ccc(F)cc1)c1c2ccccc2nn1-c1ccccc1. The molecule has 0 bridgehead atoms. The molecule has 3 nitrogen and oxygen atoms in total. The van der Waals surface area contributed by atoms with E-state index in [-0.39, 0.29) is 11.6 Å². The van der Waals surface area contributed by atoms with Gasteiger partial charge in [-0.1, -0.05) is 36.4 Å². The molecule has 0 fully saturated rings. The predicted molar refractivity (Wildman–Crippen MR) is 90.9 cm³/mol. The number of nitrogens with zero attached hydrogens (tertiary/aromatic N) is 2. The Hall–Kier alpha value is -3.27. The van der Waals surface area contributed by atoms with Gasteiger partial charge in [0.1, 0.15) is 11.5 Å². The maximum absolute atomic E-state index is 13.2. The van der Waals surface area contributed by atoms with Gasteiger partial charge in [-0.3, -0.25) is 4.79 Å². The molecule has 0 aliphatic rings. The zero-order valence-corrected chi connectivity index (χ0v) is 12.7. The van der Waals surface area contributed by atoms with E-state index in [1.165, 1.54) is 24.3 Å². The van der Waals surface area contributed by atoms with E-state index >= 15 is 0 Å². The van der Waals surface area contributed by atoms with Crippen molar-refractivity contribution in [3.63, 3.8) is 0 Å². The van der Waals surface area contributed by atoms with E-state index in [1.807, 2.05) is 54.6 Å². The highest BCUT2D eigenvalue weighted by Gasteiger charge is 2.20. The quantitative estimate of drug-likeness (QED) is 0.525. The first kappa shape index (κ1) is 14.3. The van der Waals surface area contributed by atoms with Crippen LogP contribution in [-0.2, 0) is 0 Å². The van der Waals surface area contributed by atoms with Gasteiger partial charge in [0.25, 0.3) is 0 Å². The standard InChI is InChI=1S/C20H13FN2O/c21-15-12-10-14(11-13-15)20(24)19-17-8-4-5-9-18(17)22-23(19)16-6-2-1-3-7-16/h1-13H. The van der Waals surface area contributed by atoms with E-state index in [1.54, 1.807) is 4.68 Å². The Morgan fingerprint density at radius 2 is 1.50 bits per heavy atom. The van der Waals surface area contributed by atoms with Crippen molar-refractivity contribution in [2.45, 2.75) is 0 Å². The number of rotatable bonds is 3. The Morgan fingerprint density at radius 1 is 0.833 bits per heavy atom. The van der Waals surface area contributed by atoms with Crippen LogP contribution in [-0.4, -0.2) is 15.6 Å². The molecule has 4 aromatic rings. The molecule has 1 heterocycles. The number of ketones is 1. The Kier molecular flexibility index (Phi) is 3.43. The predicted octanol–water partition coefficient (Wildman–Crippen LogP) is 4.40. The maximum atomic E-state index is 13.2. The minimum atomic E-state index is -0.368. The van der Waals surface area contributed by atoms with Crippen molar-refractivity contribution < 1.29 is 9.18 Å². The second-order valence-electron chi connectivity index (χ2n) is 5.45. The summed E-state index contributed by atoms with van der Waals surface area (Å²) in [4.78, 5) is 13.0. The summed E-state index contributed by atoms with van der Waals surface area (Å²) in [6.07, 6.45) is 0. The fourth-order valence-corrected chi connectivity index (χ4v) is 2.75. The maximum Gasteiger partial charge on any atom is 0.212 e. The molecule has 1 aromatic heterocycles. The van der Waals surface area contributed by atoms with E-state index < -0.39 is 0 Å². The van der Waals surface area contributed by atoms with Gasteiger partial charge >= 0.3 is 0 Å². The molecular weight excluding hydrogens is 303 g/mol. The number of halogens is 1. The molecule has 116 valence electrons. The summed E-state index contributed by atoms with van der Waals surface area (Å²) in [5.41, 5.74) is 2.45. The van der Waals surface area contributed by atoms with Gasteiger partial charge in [-0.2, -0.15) is 5.10 Å². The number of aromatic nitrogens is 2. The van der Waals surface area contributed by atoms with Crippen LogP contribution in [0.4, 0.5) is 4.39 Å². The molecule has 0 N–H and O–H groups in total. The minimum absolute atomic E-state index is 0.187. The third kappa shape index (κ3) is 2.38. The number of fused-ring (bicyclic) bond motifs is 1. The van der Waals surface area contributed by atoms with Crippen molar-refractivity contribution in [3.05, 3.63) is 95.9 Å². The second kappa shape index (κ2) is 5.74. The van der Waals surface area contributed by atoms with E-state index in [2.05, 4.69) is 5.10 Å². The smallest absolute Gasteiger partial charge is 0.212 e. The van der Waals surface area contributed by atoms with Crippen LogP contribution in [0.15, 0.2) is 78.9 Å². The zero-order valence-electron chi connectivity index (χ0n) is 12.7. The van der Waals surface area contributed by atoms with Crippen molar-refractivity contribution in [3.8, 4) is 5.69 Å². The van der Waals surface area contributed by atoms with E-state index in [4.69, 9.17) is 0 Å². The molecule has 4 rings (SSSR count). The van der Waals surface area contributed by atoms with E-state index in [0.29, 0.717) is 11.3 Å². The van der Waals surface area contributed by atoms with Crippen LogP contribution in [0.2, 0.25) is 0 Å². The number of carbonyl (C=O) groups excluding carboxylic acids is 1. The van der Waals surface area contributed by atoms with Gasteiger partial charge in [0.15, 0.2) is 0 Å². The average Bonchev–Trinajstić information content (AvgIpc) is 3.02. The highest BCUT2D eigenvalue weighted by atomic mass is 19.1. The molecule has 0 saturated carbocycles. The topological polar surface area (TPSA) is 34.9 Å². The summed E-state index contributed by atoms with van der Waals surface area (Å²) < 4.78 is 14.8. The van der Waals surface area contributed by atoms with Crippen LogP contribution in [0.25, 0.3) is 16.6 Å². The largest absolute Gasteiger partial charge is 0.287 e. The van der Waals surface area contributed by atoms with Gasteiger partial charge in [0.2, 0.25) is 5.78 Å². The summed E-state index contributed by atoms with van der Waals surface area (Å²) in [6.45, 7) is 0. The van der Waals surface area contributed by atoms with Crippen LogP contribution in [0.1, 0.15) is 16.1 Å². The van der Waals surface area contributed by atoms with Crippen LogP contribution in [0.3, 0.4) is 0 Å².